The van der Waals surface area contributed by atoms with Crippen LogP contribution in [0.3, 0.4) is 0 Å². The molecule has 0 saturated heterocycles. The molecular formula is C26H27FN4O3. The normalized spacial score (nSPS) is 12.1. The smallest absolute Gasteiger partial charge is 0.339 e. The first kappa shape index (κ1) is 23.4. The average Bonchev–Trinajstić information content (AvgIpc) is 3.27. The van der Waals surface area contributed by atoms with Crippen molar-refractivity contribution in [3.8, 4) is 11.3 Å². The molecule has 176 valence electrons. The minimum Gasteiger partial charge on any atom is -0.478 e. The highest BCUT2D eigenvalue weighted by Crippen LogP contribution is 2.34. The van der Waals surface area contributed by atoms with E-state index in [1.165, 1.54) is 18.3 Å². The van der Waals surface area contributed by atoms with Gasteiger partial charge < -0.3 is 25.8 Å². The zero-order valence-electron chi connectivity index (χ0n) is 19.0. The number of aliphatic hydroxyl groups is 1. The number of nitrogens with one attached hydrogen (secondary N) is 3. The molecule has 0 saturated carbocycles. The molecule has 0 aliphatic heterocycles. The van der Waals surface area contributed by atoms with E-state index in [1.54, 1.807) is 12.1 Å². The number of hydrogen-bond acceptors (Lipinski definition) is 5. The third kappa shape index (κ3) is 4.78. The molecule has 2 aromatic heterocycles. The van der Waals surface area contributed by atoms with Crippen molar-refractivity contribution in [2.24, 2.45) is 0 Å². The number of halogens is 1. The number of H-pyrrole nitrogens is 1. The lowest BCUT2D eigenvalue weighted by Gasteiger charge is -2.18. The predicted octanol–water partition coefficient (Wildman–Crippen LogP) is 4.84. The van der Waals surface area contributed by atoms with Crippen molar-refractivity contribution >= 4 is 28.4 Å². The van der Waals surface area contributed by atoms with Crippen LogP contribution >= 0.6 is 0 Å². The van der Waals surface area contributed by atoms with E-state index in [2.05, 4.69) is 20.6 Å². The molecule has 34 heavy (non-hydrogen) atoms. The van der Waals surface area contributed by atoms with Gasteiger partial charge in [-0.25, -0.2) is 14.2 Å². The number of carboxylic acid groups (broad SMARTS) is 1. The van der Waals surface area contributed by atoms with Crippen LogP contribution in [-0.2, 0) is 13.0 Å². The van der Waals surface area contributed by atoms with Gasteiger partial charge >= 0.3 is 5.97 Å². The van der Waals surface area contributed by atoms with Crippen molar-refractivity contribution in [2.45, 2.75) is 32.9 Å². The molecule has 0 bridgehead atoms. The van der Waals surface area contributed by atoms with Crippen molar-refractivity contribution in [3.63, 3.8) is 0 Å². The van der Waals surface area contributed by atoms with Gasteiger partial charge in [-0.15, -0.1) is 0 Å². The van der Waals surface area contributed by atoms with E-state index in [0.29, 0.717) is 29.0 Å². The van der Waals surface area contributed by atoms with E-state index in [9.17, 15) is 19.4 Å². The van der Waals surface area contributed by atoms with Gasteiger partial charge in [0.1, 0.15) is 17.0 Å². The minimum absolute atomic E-state index is 0.0375. The summed E-state index contributed by atoms with van der Waals surface area (Å²) < 4.78 is 13.4. The number of aliphatic hydroxyl groups excluding tert-OH is 1. The van der Waals surface area contributed by atoms with Crippen LogP contribution in [0.15, 0.2) is 54.7 Å². The molecule has 2 aromatic carbocycles. The molecule has 4 rings (SSSR count). The minimum atomic E-state index is -1.09. The van der Waals surface area contributed by atoms with Crippen molar-refractivity contribution in [1.82, 2.24) is 15.3 Å². The lowest BCUT2D eigenvalue weighted by atomic mass is 10.0. The van der Waals surface area contributed by atoms with Gasteiger partial charge in [-0.1, -0.05) is 19.1 Å². The van der Waals surface area contributed by atoms with Crippen LogP contribution in [-0.4, -0.2) is 38.8 Å². The Bertz CT molecular complexity index is 1320. The summed E-state index contributed by atoms with van der Waals surface area (Å²) in [6.45, 7) is 4.57. The number of benzene rings is 2. The van der Waals surface area contributed by atoms with Gasteiger partial charge in [0, 0.05) is 35.6 Å². The molecule has 1 unspecified atom stereocenters. The Labute approximate surface area is 196 Å². The Morgan fingerprint density at radius 1 is 1.21 bits per heavy atom. The molecule has 0 fully saturated rings. The quantitative estimate of drug-likeness (QED) is 0.243. The molecule has 0 aliphatic carbocycles. The van der Waals surface area contributed by atoms with Crippen LogP contribution in [0.25, 0.3) is 22.3 Å². The molecular weight excluding hydrogens is 435 g/mol. The van der Waals surface area contributed by atoms with Gasteiger partial charge in [0.05, 0.1) is 12.3 Å². The maximum atomic E-state index is 13.4. The number of carboxylic acids is 1. The van der Waals surface area contributed by atoms with Crippen LogP contribution in [0.2, 0.25) is 0 Å². The SMILES string of the molecule is CCc1c(CNC(C)CO)cccc1Nc1c(C(=O)O)cnc2[nH]c(-c3ccc(F)cc3)cc12. The Kier molecular flexibility index (Phi) is 6.90. The average molecular weight is 463 g/mol. The summed E-state index contributed by atoms with van der Waals surface area (Å²) in [7, 11) is 0. The van der Waals surface area contributed by atoms with Gasteiger partial charge in [0.15, 0.2) is 0 Å². The summed E-state index contributed by atoms with van der Waals surface area (Å²) in [6.07, 6.45) is 2.07. The van der Waals surface area contributed by atoms with E-state index in [0.717, 1.165) is 28.8 Å². The largest absolute Gasteiger partial charge is 0.478 e. The molecule has 8 heteroatoms. The van der Waals surface area contributed by atoms with Crippen LogP contribution in [0.4, 0.5) is 15.8 Å². The first-order chi connectivity index (χ1) is 16.4. The number of aromatic amines is 1. The van der Waals surface area contributed by atoms with Crippen molar-refractivity contribution in [3.05, 3.63) is 77.2 Å². The predicted molar refractivity (Wildman–Crippen MR) is 131 cm³/mol. The second kappa shape index (κ2) is 10.0. The third-order valence-corrected chi connectivity index (χ3v) is 5.85. The monoisotopic (exact) mass is 462 g/mol. The molecule has 1 atom stereocenters. The molecule has 5 N–H and O–H groups in total. The number of aromatic nitrogens is 2. The summed E-state index contributed by atoms with van der Waals surface area (Å²) in [5.41, 5.74) is 5.41. The lowest BCUT2D eigenvalue weighted by Crippen LogP contribution is -2.29. The molecule has 0 aliphatic rings. The second-order valence-electron chi connectivity index (χ2n) is 8.19. The van der Waals surface area contributed by atoms with Gasteiger partial charge in [-0.2, -0.15) is 0 Å². The first-order valence-corrected chi connectivity index (χ1v) is 11.1. The number of rotatable bonds is 9. The fourth-order valence-electron chi connectivity index (χ4n) is 3.97. The van der Waals surface area contributed by atoms with Crippen LogP contribution in [0.1, 0.15) is 35.3 Å². The molecule has 0 radical (unpaired) electrons. The maximum absolute atomic E-state index is 13.4. The van der Waals surface area contributed by atoms with E-state index < -0.39 is 5.97 Å². The highest BCUT2D eigenvalue weighted by molar-refractivity contribution is 6.06. The number of nitrogens with zero attached hydrogens (tertiary/aromatic N) is 1. The maximum Gasteiger partial charge on any atom is 0.339 e. The number of hydrogen-bond donors (Lipinski definition) is 5. The highest BCUT2D eigenvalue weighted by Gasteiger charge is 2.19. The third-order valence-electron chi connectivity index (χ3n) is 5.85. The topological polar surface area (TPSA) is 110 Å². The van der Waals surface area contributed by atoms with Crippen LogP contribution in [0, 0.1) is 5.82 Å². The van der Waals surface area contributed by atoms with Crippen molar-refractivity contribution < 1.29 is 19.4 Å². The molecule has 0 spiro atoms. The zero-order valence-corrected chi connectivity index (χ0v) is 19.0. The summed E-state index contributed by atoms with van der Waals surface area (Å²) >= 11 is 0. The van der Waals surface area contributed by atoms with E-state index in [1.807, 2.05) is 38.1 Å². The lowest BCUT2D eigenvalue weighted by molar-refractivity contribution is 0.0697. The number of aromatic carboxylic acids is 1. The summed E-state index contributed by atoms with van der Waals surface area (Å²) in [6, 6.07) is 13.7. The Balaban J connectivity index is 1.78. The number of carbonyl (C=O) groups is 1. The van der Waals surface area contributed by atoms with Gasteiger partial charge in [0.25, 0.3) is 0 Å². The van der Waals surface area contributed by atoms with Crippen molar-refractivity contribution in [1.29, 1.82) is 0 Å². The van der Waals surface area contributed by atoms with Gasteiger partial charge in [0.2, 0.25) is 0 Å². The van der Waals surface area contributed by atoms with E-state index >= 15 is 0 Å². The Hall–Kier alpha value is -3.75. The van der Waals surface area contributed by atoms with E-state index in [4.69, 9.17) is 0 Å². The number of fused-ring (bicyclic) bond motifs is 1. The first-order valence-electron chi connectivity index (χ1n) is 11.1. The summed E-state index contributed by atoms with van der Waals surface area (Å²) in [5, 5.41) is 26.4. The standard InChI is InChI=1S/C26H27FN4O3/c1-3-19-17(12-28-15(2)14-32)5-4-6-22(19)30-24-20-11-23(16-7-9-18(27)10-8-16)31-25(20)29-13-21(24)26(33)34/h4-11,13,15,28,32H,3,12,14H2,1-2H3,(H,33,34)(H2,29,30,31). The zero-order chi connectivity index (χ0) is 24.2. The van der Waals surface area contributed by atoms with Crippen LogP contribution < -0.4 is 10.6 Å². The fourth-order valence-corrected chi connectivity index (χ4v) is 3.97. The summed E-state index contributed by atoms with van der Waals surface area (Å²) in [5.74, 6) is -1.42. The number of anilines is 2. The highest BCUT2D eigenvalue weighted by atomic mass is 19.1. The van der Waals surface area contributed by atoms with Crippen molar-refractivity contribution in [2.75, 3.05) is 11.9 Å². The second-order valence-corrected chi connectivity index (χ2v) is 8.19. The van der Waals surface area contributed by atoms with Gasteiger partial charge in [-0.3, -0.25) is 0 Å². The molecule has 7 nitrogen and oxygen atoms in total. The Morgan fingerprint density at radius 2 is 1.97 bits per heavy atom. The molecule has 0 amide bonds. The fraction of sp³-hybridized carbons (Fsp3) is 0.231. The van der Waals surface area contributed by atoms with Crippen LogP contribution in [0.5, 0.6) is 0 Å². The molecule has 4 aromatic rings. The molecule has 2 heterocycles. The Morgan fingerprint density at radius 3 is 2.65 bits per heavy atom. The summed E-state index contributed by atoms with van der Waals surface area (Å²) in [4.78, 5) is 19.5. The number of pyridine rings is 1. The van der Waals surface area contributed by atoms with Gasteiger partial charge in [-0.05, 0) is 66.4 Å². The van der Waals surface area contributed by atoms with E-state index in [-0.39, 0.29) is 24.0 Å².